The molecule has 0 aliphatic heterocycles. The summed E-state index contributed by atoms with van der Waals surface area (Å²) in [5.41, 5.74) is 4.45. The number of hydrogen-bond donors (Lipinski definition) is 2. The van der Waals surface area contributed by atoms with Gasteiger partial charge in [0.05, 0.1) is 11.9 Å². The fourth-order valence-corrected chi connectivity index (χ4v) is 4.01. The molecule has 1 aliphatic rings. The van der Waals surface area contributed by atoms with E-state index < -0.39 is 0 Å². The molecule has 4 rings (SSSR count). The minimum Gasteiger partial charge on any atom is -0.350 e. The zero-order valence-electron chi connectivity index (χ0n) is 14.5. The lowest BCUT2D eigenvalue weighted by Gasteiger charge is -2.17. The molecule has 8 heteroatoms. The summed E-state index contributed by atoms with van der Waals surface area (Å²) >= 11 is 1.53. The molecular weight excluding hydrogens is 348 g/mol. The topological polar surface area (TPSA) is 96.5 Å². The van der Waals surface area contributed by atoms with Crippen molar-refractivity contribution in [3.63, 3.8) is 0 Å². The number of carbonyl (C=O) groups excluding carboxylic acids is 1. The van der Waals surface area contributed by atoms with E-state index in [0.29, 0.717) is 24.6 Å². The van der Waals surface area contributed by atoms with Gasteiger partial charge in [0.2, 0.25) is 0 Å². The van der Waals surface area contributed by atoms with Crippen LogP contribution >= 0.6 is 11.3 Å². The van der Waals surface area contributed by atoms with E-state index in [4.69, 9.17) is 0 Å². The largest absolute Gasteiger partial charge is 0.350 e. The summed E-state index contributed by atoms with van der Waals surface area (Å²) in [6.45, 7) is 2.74. The van der Waals surface area contributed by atoms with Gasteiger partial charge in [0.1, 0.15) is 10.7 Å². The van der Waals surface area contributed by atoms with Gasteiger partial charge in [-0.15, -0.1) is 11.3 Å². The number of nitrogens with zero attached hydrogens (tertiary/aromatic N) is 4. The number of thiazole rings is 1. The van der Waals surface area contributed by atoms with Gasteiger partial charge in [-0.1, -0.05) is 6.92 Å². The molecule has 0 unspecified atom stereocenters. The molecular formula is C18H20N6OS. The average molecular weight is 368 g/mol. The molecule has 1 amide bonds. The molecule has 3 aromatic rings. The highest BCUT2D eigenvalue weighted by Gasteiger charge is 2.24. The molecule has 26 heavy (non-hydrogen) atoms. The molecule has 0 fully saturated rings. The normalized spacial score (nSPS) is 16.3. The number of H-pyrrole nitrogens is 1. The zero-order chi connectivity index (χ0) is 17.9. The smallest absolute Gasteiger partial charge is 0.272 e. The lowest BCUT2D eigenvalue weighted by molar-refractivity contribution is 0.0948. The summed E-state index contributed by atoms with van der Waals surface area (Å²) in [5, 5.41) is 13.1. The van der Waals surface area contributed by atoms with Crippen molar-refractivity contribution < 1.29 is 4.79 Å². The van der Waals surface area contributed by atoms with Crippen LogP contribution in [0.4, 0.5) is 0 Å². The van der Waals surface area contributed by atoms with Crippen molar-refractivity contribution in [2.75, 3.05) is 6.54 Å². The van der Waals surface area contributed by atoms with Crippen LogP contribution in [-0.2, 0) is 19.3 Å². The highest BCUT2D eigenvalue weighted by atomic mass is 32.1. The van der Waals surface area contributed by atoms with Crippen LogP contribution in [-0.4, -0.2) is 37.6 Å². The van der Waals surface area contributed by atoms with E-state index in [9.17, 15) is 4.79 Å². The highest BCUT2D eigenvalue weighted by Crippen LogP contribution is 2.26. The van der Waals surface area contributed by atoms with E-state index >= 15 is 0 Å². The number of hydrogen-bond acceptors (Lipinski definition) is 6. The number of amides is 1. The Morgan fingerprint density at radius 3 is 3.19 bits per heavy atom. The number of nitrogens with one attached hydrogen (secondary N) is 2. The maximum Gasteiger partial charge on any atom is 0.272 e. The SMILES string of the molecule is C[C@@H]1CCc2[nH]nc(C(=O)NCCc3csc(-c4cnccn4)n3)c2C1. The fourth-order valence-electron chi connectivity index (χ4n) is 3.19. The van der Waals surface area contributed by atoms with Crippen LogP contribution in [0.3, 0.4) is 0 Å². The summed E-state index contributed by atoms with van der Waals surface area (Å²) in [7, 11) is 0. The van der Waals surface area contributed by atoms with E-state index in [0.717, 1.165) is 46.9 Å². The van der Waals surface area contributed by atoms with Crippen molar-refractivity contribution in [1.29, 1.82) is 0 Å². The fraction of sp³-hybridized carbons (Fsp3) is 0.389. The van der Waals surface area contributed by atoms with Gasteiger partial charge in [0, 0.05) is 42.0 Å². The number of aromatic nitrogens is 5. The third kappa shape index (κ3) is 3.50. The van der Waals surface area contributed by atoms with Gasteiger partial charge in [-0.2, -0.15) is 5.10 Å². The number of aromatic amines is 1. The van der Waals surface area contributed by atoms with Gasteiger partial charge >= 0.3 is 0 Å². The van der Waals surface area contributed by atoms with Gasteiger partial charge in [-0.05, 0) is 25.2 Å². The zero-order valence-corrected chi connectivity index (χ0v) is 15.3. The van der Waals surface area contributed by atoms with Crippen LogP contribution in [0.15, 0.2) is 24.0 Å². The van der Waals surface area contributed by atoms with Gasteiger partial charge < -0.3 is 5.32 Å². The van der Waals surface area contributed by atoms with Gasteiger partial charge in [0.15, 0.2) is 5.69 Å². The van der Waals surface area contributed by atoms with Crippen LogP contribution in [0, 0.1) is 5.92 Å². The maximum absolute atomic E-state index is 12.5. The first kappa shape index (κ1) is 16.8. The predicted molar refractivity (Wildman–Crippen MR) is 99.0 cm³/mol. The summed E-state index contributed by atoms with van der Waals surface area (Å²) < 4.78 is 0. The molecule has 3 heterocycles. The van der Waals surface area contributed by atoms with Crippen molar-refractivity contribution in [3.8, 4) is 10.7 Å². The van der Waals surface area contributed by atoms with Crippen molar-refractivity contribution in [1.82, 2.24) is 30.5 Å². The number of rotatable bonds is 5. The van der Waals surface area contributed by atoms with Crippen molar-refractivity contribution in [2.24, 2.45) is 5.92 Å². The van der Waals surface area contributed by atoms with Crippen LogP contribution in [0.25, 0.3) is 10.7 Å². The third-order valence-corrected chi connectivity index (χ3v) is 5.52. The average Bonchev–Trinajstić information content (AvgIpc) is 3.29. The summed E-state index contributed by atoms with van der Waals surface area (Å²) in [4.78, 5) is 25.4. The Bertz CT molecular complexity index is 904. The highest BCUT2D eigenvalue weighted by molar-refractivity contribution is 7.13. The van der Waals surface area contributed by atoms with E-state index in [-0.39, 0.29) is 5.91 Å². The minimum absolute atomic E-state index is 0.110. The van der Waals surface area contributed by atoms with Crippen LogP contribution in [0.1, 0.15) is 40.8 Å². The molecule has 0 saturated heterocycles. The lowest BCUT2D eigenvalue weighted by atomic mass is 9.87. The molecule has 3 aromatic heterocycles. The minimum atomic E-state index is -0.110. The van der Waals surface area contributed by atoms with Crippen LogP contribution < -0.4 is 5.32 Å². The van der Waals surface area contributed by atoms with Crippen molar-refractivity contribution in [3.05, 3.63) is 46.6 Å². The maximum atomic E-state index is 12.5. The van der Waals surface area contributed by atoms with Gasteiger partial charge in [0.25, 0.3) is 5.91 Å². The summed E-state index contributed by atoms with van der Waals surface area (Å²) in [6.07, 6.45) is 8.71. The molecule has 7 nitrogen and oxygen atoms in total. The molecule has 134 valence electrons. The monoisotopic (exact) mass is 368 g/mol. The van der Waals surface area contributed by atoms with Crippen LogP contribution in [0.2, 0.25) is 0 Å². The standard InChI is InChI=1S/C18H20N6OS/c1-11-2-3-14-13(8-11)16(24-23-14)17(25)21-5-4-12-10-26-18(22-12)15-9-19-6-7-20-15/h6-7,9-11H,2-5,8H2,1H3,(H,21,25)(H,23,24)/t11-/m1/s1. The first-order chi connectivity index (χ1) is 12.7. The Kier molecular flexibility index (Phi) is 4.75. The number of carbonyl (C=O) groups is 1. The van der Waals surface area contributed by atoms with E-state index in [1.54, 1.807) is 18.6 Å². The molecule has 0 spiro atoms. The Morgan fingerprint density at radius 2 is 2.35 bits per heavy atom. The van der Waals surface area contributed by atoms with Gasteiger partial charge in [-0.3, -0.25) is 19.9 Å². The Morgan fingerprint density at radius 1 is 1.42 bits per heavy atom. The summed E-state index contributed by atoms with van der Waals surface area (Å²) in [6, 6.07) is 0. The molecule has 0 radical (unpaired) electrons. The molecule has 0 saturated carbocycles. The van der Waals surface area contributed by atoms with E-state index in [1.807, 2.05) is 5.38 Å². The lowest BCUT2D eigenvalue weighted by Crippen LogP contribution is -2.27. The summed E-state index contributed by atoms with van der Waals surface area (Å²) in [5.74, 6) is 0.488. The molecule has 1 atom stereocenters. The van der Waals surface area contributed by atoms with E-state index in [1.165, 1.54) is 11.3 Å². The van der Waals surface area contributed by atoms with Gasteiger partial charge in [-0.25, -0.2) is 4.98 Å². The quantitative estimate of drug-likeness (QED) is 0.721. The Labute approximate surface area is 155 Å². The van der Waals surface area contributed by atoms with E-state index in [2.05, 4.69) is 37.4 Å². The first-order valence-electron chi connectivity index (χ1n) is 8.76. The Balaban J connectivity index is 1.35. The first-order valence-corrected chi connectivity index (χ1v) is 9.63. The van der Waals surface area contributed by atoms with Crippen molar-refractivity contribution in [2.45, 2.75) is 32.6 Å². The van der Waals surface area contributed by atoms with Crippen molar-refractivity contribution >= 4 is 17.2 Å². The second-order valence-corrected chi connectivity index (χ2v) is 7.48. The number of fused-ring (bicyclic) bond motifs is 1. The van der Waals surface area contributed by atoms with Crippen LogP contribution in [0.5, 0.6) is 0 Å². The molecule has 2 N–H and O–H groups in total. The second-order valence-electron chi connectivity index (χ2n) is 6.62. The molecule has 1 aliphatic carbocycles. The predicted octanol–water partition coefficient (Wildman–Crippen LogP) is 2.42. The Hall–Kier alpha value is -2.61. The molecule has 0 bridgehead atoms. The second kappa shape index (κ2) is 7.33. The third-order valence-electron chi connectivity index (χ3n) is 4.61. The molecule has 0 aromatic carbocycles. The number of aryl methyl sites for hydroxylation is 1.